The van der Waals surface area contributed by atoms with Crippen LogP contribution in [0.2, 0.25) is 0 Å². The first kappa shape index (κ1) is 20.2. The van der Waals surface area contributed by atoms with E-state index in [1.54, 1.807) is 0 Å². The summed E-state index contributed by atoms with van der Waals surface area (Å²) in [6, 6.07) is 12.0. The number of nitrogens with zero attached hydrogens (tertiary/aromatic N) is 3. The van der Waals surface area contributed by atoms with E-state index in [0.29, 0.717) is 18.0 Å². The summed E-state index contributed by atoms with van der Waals surface area (Å²) in [5, 5.41) is 0. The van der Waals surface area contributed by atoms with Crippen LogP contribution >= 0.6 is 0 Å². The average molecular weight is 372 g/mol. The molecule has 4 heteroatoms. The number of amides is 1. The lowest BCUT2D eigenvalue weighted by atomic mass is 9.84. The number of carbonyl (C=O) groups is 1. The lowest BCUT2D eigenvalue weighted by Crippen LogP contribution is -2.52. The van der Waals surface area contributed by atoms with Gasteiger partial charge in [-0.15, -0.1) is 0 Å². The zero-order valence-corrected chi connectivity index (χ0v) is 17.4. The molecule has 1 aliphatic carbocycles. The smallest absolute Gasteiger partial charge is 0.225 e. The van der Waals surface area contributed by atoms with Gasteiger partial charge < -0.3 is 9.80 Å². The minimum atomic E-state index is 0.242. The SMILES string of the molecule is CCCN(c1ccccc1)C1CCC(C(=O)N2CCN(C(C)C)CC2)CC1. The largest absolute Gasteiger partial charge is 0.369 e. The van der Waals surface area contributed by atoms with Crippen molar-refractivity contribution >= 4 is 11.6 Å². The second-order valence-corrected chi connectivity index (χ2v) is 8.49. The maximum Gasteiger partial charge on any atom is 0.225 e. The number of anilines is 1. The highest BCUT2D eigenvalue weighted by Gasteiger charge is 2.33. The molecule has 1 heterocycles. The van der Waals surface area contributed by atoms with Gasteiger partial charge in [0.1, 0.15) is 0 Å². The van der Waals surface area contributed by atoms with Crippen LogP contribution in [0.5, 0.6) is 0 Å². The second kappa shape index (κ2) is 9.59. The number of carbonyl (C=O) groups excluding carboxylic acids is 1. The van der Waals surface area contributed by atoms with E-state index in [2.05, 4.69) is 65.8 Å². The van der Waals surface area contributed by atoms with Crippen LogP contribution in [0.15, 0.2) is 30.3 Å². The van der Waals surface area contributed by atoms with Gasteiger partial charge in [-0.25, -0.2) is 0 Å². The lowest BCUT2D eigenvalue weighted by molar-refractivity contribution is -0.138. The van der Waals surface area contributed by atoms with Gasteiger partial charge in [0.25, 0.3) is 0 Å². The molecular formula is C23H37N3O. The molecule has 1 amide bonds. The quantitative estimate of drug-likeness (QED) is 0.756. The third-order valence-corrected chi connectivity index (χ3v) is 6.40. The van der Waals surface area contributed by atoms with Gasteiger partial charge >= 0.3 is 0 Å². The molecule has 0 unspecified atom stereocenters. The maximum atomic E-state index is 13.0. The van der Waals surface area contributed by atoms with Gasteiger partial charge in [0.05, 0.1) is 0 Å². The highest BCUT2D eigenvalue weighted by molar-refractivity contribution is 5.79. The molecule has 2 fully saturated rings. The van der Waals surface area contributed by atoms with Crippen molar-refractivity contribution in [2.75, 3.05) is 37.6 Å². The van der Waals surface area contributed by atoms with E-state index in [-0.39, 0.29) is 5.92 Å². The molecule has 2 aliphatic rings. The summed E-state index contributed by atoms with van der Waals surface area (Å²) >= 11 is 0. The first-order chi connectivity index (χ1) is 13.1. The van der Waals surface area contributed by atoms with Crippen LogP contribution in [0, 0.1) is 5.92 Å². The Bertz CT molecular complexity index is 573. The number of benzene rings is 1. The maximum absolute atomic E-state index is 13.0. The normalized spacial score (nSPS) is 24.2. The minimum Gasteiger partial charge on any atom is -0.369 e. The van der Waals surface area contributed by atoms with E-state index in [1.165, 1.54) is 5.69 Å². The van der Waals surface area contributed by atoms with E-state index in [9.17, 15) is 4.79 Å². The molecule has 27 heavy (non-hydrogen) atoms. The van der Waals surface area contributed by atoms with Crippen molar-refractivity contribution in [1.29, 1.82) is 0 Å². The third-order valence-electron chi connectivity index (χ3n) is 6.40. The molecule has 0 bridgehead atoms. The van der Waals surface area contributed by atoms with Crippen molar-refractivity contribution in [3.63, 3.8) is 0 Å². The summed E-state index contributed by atoms with van der Waals surface area (Å²) in [4.78, 5) is 20.2. The number of rotatable bonds is 6. The van der Waals surface area contributed by atoms with E-state index in [1.807, 2.05) is 0 Å². The molecule has 1 aliphatic heterocycles. The van der Waals surface area contributed by atoms with E-state index in [4.69, 9.17) is 0 Å². The predicted molar refractivity (Wildman–Crippen MR) is 113 cm³/mol. The molecule has 150 valence electrons. The topological polar surface area (TPSA) is 26.8 Å². The Labute approximate surface area is 165 Å². The fraction of sp³-hybridized carbons (Fsp3) is 0.696. The molecule has 3 rings (SSSR count). The van der Waals surface area contributed by atoms with Crippen LogP contribution in [-0.2, 0) is 4.79 Å². The van der Waals surface area contributed by atoms with E-state index >= 15 is 0 Å². The first-order valence-electron chi connectivity index (χ1n) is 10.9. The third kappa shape index (κ3) is 5.04. The molecule has 0 spiro atoms. The average Bonchev–Trinajstić information content (AvgIpc) is 2.72. The molecule has 4 nitrogen and oxygen atoms in total. The molecule has 0 radical (unpaired) electrons. The lowest BCUT2D eigenvalue weighted by Gasteiger charge is -2.41. The van der Waals surface area contributed by atoms with Crippen molar-refractivity contribution < 1.29 is 4.79 Å². The molecule has 1 aromatic carbocycles. The number of piperazine rings is 1. The Kier molecular flexibility index (Phi) is 7.17. The highest BCUT2D eigenvalue weighted by Crippen LogP contribution is 2.32. The summed E-state index contributed by atoms with van der Waals surface area (Å²) in [5.41, 5.74) is 1.33. The molecule has 1 aromatic rings. The fourth-order valence-electron chi connectivity index (χ4n) is 4.73. The summed E-state index contributed by atoms with van der Waals surface area (Å²) in [5.74, 6) is 0.657. The Hall–Kier alpha value is -1.55. The Balaban J connectivity index is 1.53. The Morgan fingerprint density at radius 2 is 1.67 bits per heavy atom. The fourth-order valence-corrected chi connectivity index (χ4v) is 4.73. The van der Waals surface area contributed by atoms with E-state index < -0.39 is 0 Å². The molecule has 1 saturated heterocycles. The van der Waals surface area contributed by atoms with Crippen molar-refractivity contribution in [2.24, 2.45) is 5.92 Å². The summed E-state index contributed by atoms with van der Waals surface area (Å²) in [6.07, 6.45) is 5.52. The molecule has 0 aromatic heterocycles. The van der Waals surface area contributed by atoms with Crippen LogP contribution in [0.3, 0.4) is 0 Å². The summed E-state index contributed by atoms with van der Waals surface area (Å²) in [6.45, 7) is 11.7. The number of hydrogen-bond acceptors (Lipinski definition) is 3. The number of hydrogen-bond donors (Lipinski definition) is 0. The van der Waals surface area contributed by atoms with Gasteiger partial charge in [0.2, 0.25) is 5.91 Å². The first-order valence-corrected chi connectivity index (χ1v) is 10.9. The Morgan fingerprint density at radius 3 is 2.22 bits per heavy atom. The zero-order chi connectivity index (χ0) is 19.2. The van der Waals surface area contributed by atoms with Crippen molar-refractivity contribution in [3.05, 3.63) is 30.3 Å². The zero-order valence-electron chi connectivity index (χ0n) is 17.4. The molecule has 1 saturated carbocycles. The van der Waals surface area contributed by atoms with Gasteiger partial charge in [0, 0.05) is 56.4 Å². The summed E-state index contributed by atoms with van der Waals surface area (Å²) < 4.78 is 0. The van der Waals surface area contributed by atoms with Crippen LogP contribution in [0.1, 0.15) is 52.9 Å². The van der Waals surface area contributed by atoms with Crippen molar-refractivity contribution in [2.45, 2.75) is 65.0 Å². The van der Waals surface area contributed by atoms with Gasteiger partial charge in [0.15, 0.2) is 0 Å². The Morgan fingerprint density at radius 1 is 1.04 bits per heavy atom. The van der Waals surface area contributed by atoms with Crippen LogP contribution in [0.25, 0.3) is 0 Å². The molecule has 0 atom stereocenters. The van der Waals surface area contributed by atoms with Gasteiger partial charge in [-0.05, 0) is 58.1 Å². The minimum absolute atomic E-state index is 0.242. The van der Waals surface area contributed by atoms with Crippen LogP contribution in [0.4, 0.5) is 5.69 Å². The van der Waals surface area contributed by atoms with E-state index in [0.717, 1.165) is 64.8 Å². The van der Waals surface area contributed by atoms with Crippen molar-refractivity contribution in [3.8, 4) is 0 Å². The van der Waals surface area contributed by atoms with Gasteiger partial charge in [-0.3, -0.25) is 9.69 Å². The van der Waals surface area contributed by atoms with Gasteiger partial charge in [-0.1, -0.05) is 25.1 Å². The monoisotopic (exact) mass is 371 g/mol. The highest BCUT2D eigenvalue weighted by atomic mass is 16.2. The second-order valence-electron chi connectivity index (χ2n) is 8.49. The van der Waals surface area contributed by atoms with Crippen LogP contribution < -0.4 is 4.90 Å². The van der Waals surface area contributed by atoms with Crippen molar-refractivity contribution in [1.82, 2.24) is 9.80 Å². The summed E-state index contributed by atoms with van der Waals surface area (Å²) in [7, 11) is 0. The van der Waals surface area contributed by atoms with Crippen LogP contribution in [-0.4, -0.2) is 60.5 Å². The van der Waals surface area contributed by atoms with Gasteiger partial charge in [-0.2, -0.15) is 0 Å². The molecular weight excluding hydrogens is 334 g/mol. The number of para-hydroxylation sites is 1. The molecule has 0 N–H and O–H groups in total. The standard InChI is InChI=1S/C23H37N3O/c1-4-14-26(21-8-6-5-7-9-21)22-12-10-20(11-13-22)23(27)25-17-15-24(16-18-25)19(2)3/h5-9,19-20,22H,4,10-18H2,1-3H3. The predicted octanol–water partition coefficient (Wildman–Crippen LogP) is 4.01.